The molecule has 7 heteroatoms. The summed E-state index contributed by atoms with van der Waals surface area (Å²) >= 11 is 7.65. The Bertz CT molecular complexity index is 531. The van der Waals surface area contributed by atoms with Crippen LogP contribution < -0.4 is 10.2 Å². The fourth-order valence-corrected chi connectivity index (χ4v) is 2.65. The van der Waals surface area contributed by atoms with E-state index >= 15 is 0 Å². The standard InChI is InChI=1S/C12H16ClN5S/c1-8(7-9-5-4-6-19-9)18(3)12-16-10(13)15-11(14-2)17-12/h4-6,8H,7H2,1-3H3,(H,14,15,16,17). The molecule has 0 aliphatic rings. The molecule has 0 saturated carbocycles. The SMILES string of the molecule is CNc1nc(Cl)nc(N(C)C(C)Cc2cccs2)n1. The van der Waals surface area contributed by atoms with Gasteiger partial charge in [-0.2, -0.15) is 15.0 Å². The molecule has 0 saturated heterocycles. The van der Waals surface area contributed by atoms with Gasteiger partial charge < -0.3 is 10.2 Å². The molecule has 5 nitrogen and oxygen atoms in total. The van der Waals surface area contributed by atoms with Gasteiger partial charge in [-0.15, -0.1) is 11.3 Å². The van der Waals surface area contributed by atoms with Crippen LogP contribution in [0.3, 0.4) is 0 Å². The highest BCUT2D eigenvalue weighted by Crippen LogP contribution is 2.18. The van der Waals surface area contributed by atoms with Crippen molar-refractivity contribution in [3.05, 3.63) is 27.7 Å². The van der Waals surface area contributed by atoms with E-state index in [1.165, 1.54) is 4.88 Å². The Morgan fingerprint density at radius 3 is 2.84 bits per heavy atom. The Morgan fingerprint density at radius 2 is 2.21 bits per heavy atom. The lowest BCUT2D eigenvalue weighted by atomic mass is 10.2. The molecule has 2 heterocycles. The Morgan fingerprint density at radius 1 is 1.42 bits per heavy atom. The maximum Gasteiger partial charge on any atom is 0.231 e. The molecule has 0 spiro atoms. The van der Waals surface area contributed by atoms with Crippen molar-refractivity contribution < 1.29 is 0 Å². The summed E-state index contributed by atoms with van der Waals surface area (Å²) in [6, 6.07) is 4.47. The fourth-order valence-electron chi connectivity index (χ4n) is 1.66. The molecule has 0 aliphatic carbocycles. The lowest BCUT2D eigenvalue weighted by molar-refractivity contribution is 0.669. The molecular formula is C12H16ClN5S. The van der Waals surface area contributed by atoms with E-state index < -0.39 is 0 Å². The number of likely N-dealkylation sites (N-methyl/N-ethyl adjacent to an activating group) is 1. The van der Waals surface area contributed by atoms with E-state index in [9.17, 15) is 0 Å². The maximum absolute atomic E-state index is 5.89. The Kier molecular flexibility index (Phi) is 4.55. The number of hydrogen-bond acceptors (Lipinski definition) is 6. The molecule has 102 valence electrons. The van der Waals surface area contributed by atoms with Gasteiger partial charge in [0.1, 0.15) is 0 Å². The second-order valence-electron chi connectivity index (χ2n) is 4.22. The van der Waals surface area contributed by atoms with Crippen molar-refractivity contribution in [2.45, 2.75) is 19.4 Å². The van der Waals surface area contributed by atoms with E-state index in [-0.39, 0.29) is 11.3 Å². The summed E-state index contributed by atoms with van der Waals surface area (Å²) in [6.07, 6.45) is 0.951. The number of thiophene rings is 1. The van der Waals surface area contributed by atoms with Gasteiger partial charge in [0.15, 0.2) is 0 Å². The van der Waals surface area contributed by atoms with E-state index in [0.717, 1.165) is 6.42 Å². The van der Waals surface area contributed by atoms with E-state index in [1.807, 2.05) is 11.9 Å². The molecule has 0 aromatic carbocycles. The van der Waals surface area contributed by atoms with Gasteiger partial charge >= 0.3 is 0 Å². The largest absolute Gasteiger partial charge is 0.357 e. The molecule has 0 aliphatic heterocycles. The zero-order valence-corrected chi connectivity index (χ0v) is 12.7. The predicted molar refractivity (Wildman–Crippen MR) is 80.3 cm³/mol. The van der Waals surface area contributed by atoms with Crippen LogP contribution in [0.1, 0.15) is 11.8 Å². The van der Waals surface area contributed by atoms with E-state index in [2.05, 4.69) is 44.7 Å². The molecular weight excluding hydrogens is 282 g/mol. The number of aromatic nitrogens is 3. The van der Waals surface area contributed by atoms with Crippen molar-refractivity contribution in [2.24, 2.45) is 0 Å². The van der Waals surface area contributed by atoms with Crippen molar-refractivity contribution in [3.63, 3.8) is 0 Å². The molecule has 2 rings (SSSR count). The Balaban J connectivity index is 2.14. The monoisotopic (exact) mass is 297 g/mol. The van der Waals surface area contributed by atoms with Crippen LogP contribution in [0.15, 0.2) is 17.5 Å². The lowest BCUT2D eigenvalue weighted by Gasteiger charge is -2.24. The molecule has 0 amide bonds. The first-order valence-corrected chi connectivity index (χ1v) is 7.20. The van der Waals surface area contributed by atoms with Crippen molar-refractivity contribution in [1.82, 2.24) is 15.0 Å². The van der Waals surface area contributed by atoms with Gasteiger partial charge in [0.25, 0.3) is 0 Å². The quantitative estimate of drug-likeness (QED) is 0.919. The van der Waals surface area contributed by atoms with Crippen molar-refractivity contribution in [1.29, 1.82) is 0 Å². The third kappa shape index (κ3) is 3.54. The van der Waals surface area contributed by atoms with Crippen molar-refractivity contribution in [2.75, 3.05) is 24.3 Å². The van der Waals surface area contributed by atoms with Crippen LogP contribution in [0, 0.1) is 0 Å². The van der Waals surface area contributed by atoms with Crippen LogP contribution in [0.5, 0.6) is 0 Å². The number of nitrogens with one attached hydrogen (secondary N) is 1. The van der Waals surface area contributed by atoms with Crippen LogP contribution >= 0.6 is 22.9 Å². The second-order valence-corrected chi connectivity index (χ2v) is 5.59. The summed E-state index contributed by atoms with van der Waals surface area (Å²) in [5, 5.41) is 5.16. The summed E-state index contributed by atoms with van der Waals surface area (Å²) in [7, 11) is 3.72. The molecule has 1 unspecified atom stereocenters. The predicted octanol–water partition coefficient (Wildman–Crippen LogP) is 2.70. The molecule has 0 radical (unpaired) electrons. The molecule has 2 aromatic rings. The number of hydrogen-bond donors (Lipinski definition) is 1. The average Bonchev–Trinajstić information content (AvgIpc) is 2.89. The van der Waals surface area contributed by atoms with E-state index in [0.29, 0.717) is 11.9 Å². The summed E-state index contributed by atoms with van der Waals surface area (Å²) in [6.45, 7) is 2.14. The van der Waals surface area contributed by atoms with Crippen LogP contribution in [-0.4, -0.2) is 35.1 Å². The molecule has 1 atom stereocenters. The smallest absolute Gasteiger partial charge is 0.231 e. The normalized spacial score (nSPS) is 12.2. The second kappa shape index (κ2) is 6.16. The van der Waals surface area contributed by atoms with Crippen molar-refractivity contribution in [3.8, 4) is 0 Å². The first kappa shape index (κ1) is 14.0. The van der Waals surface area contributed by atoms with Crippen LogP contribution in [0.25, 0.3) is 0 Å². The number of rotatable bonds is 5. The number of anilines is 2. The third-order valence-corrected chi connectivity index (χ3v) is 3.94. The molecule has 19 heavy (non-hydrogen) atoms. The minimum atomic E-state index is 0.199. The van der Waals surface area contributed by atoms with Gasteiger partial charge in [0.2, 0.25) is 17.2 Å². The first-order valence-electron chi connectivity index (χ1n) is 5.94. The van der Waals surface area contributed by atoms with Gasteiger partial charge in [-0.05, 0) is 30.0 Å². The third-order valence-electron chi connectivity index (χ3n) is 2.87. The van der Waals surface area contributed by atoms with Gasteiger partial charge in [-0.25, -0.2) is 0 Å². The molecule has 2 aromatic heterocycles. The average molecular weight is 298 g/mol. The fraction of sp³-hybridized carbons (Fsp3) is 0.417. The zero-order valence-electron chi connectivity index (χ0n) is 11.1. The van der Waals surface area contributed by atoms with Crippen LogP contribution in [0.2, 0.25) is 5.28 Å². The summed E-state index contributed by atoms with van der Waals surface area (Å²) < 4.78 is 0. The highest BCUT2D eigenvalue weighted by molar-refractivity contribution is 7.09. The van der Waals surface area contributed by atoms with Gasteiger partial charge in [-0.3, -0.25) is 0 Å². The topological polar surface area (TPSA) is 53.9 Å². The van der Waals surface area contributed by atoms with Crippen molar-refractivity contribution >= 4 is 34.8 Å². The minimum Gasteiger partial charge on any atom is -0.357 e. The first-order chi connectivity index (χ1) is 9.10. The van der Waals surface area contributed by atoms with Gasteiger partial charge in [0.05, 0.1) is 0 Å². The van der Waals surface area contributed by atoms with Gasteiger partial charge in [0, 0.05) is 31.4 Å². The van der Waals surface area contributed by atoms with Crippen LogP contribution in [-0.2, 0) is 6.42 Å². The molecule has 1 N–H and O–H groups in total. The highest BCUT2D eigenvalue weighted by Gasteiger charge is 2.15. The zero-order chi connectivity index (χ0) is 13.8. The molecule has 0 bridgehead atoms. The number of halogens is 1. The van der Waals surface area contributed by atoms with E-state index in [4.69, 9.17) is 11.6 Å². The minimum absolute atomic E-state index is 0.199. The van der Waals surface area contributed by atoms with E-state index in [1.54, 1.807) is 18.4 Å². The number of nitrogens with zero attached hydrogens (tertiary/aromatic N) is 4. The summed E-state index contributed by atoms with van der Waals surface area (Å²) in [4.78, 5) is 15.8. The molecule has 0 fully saturated rings. The summed E-state index contributed by atoms with van der Waals surface area (Å²) in [5.74, 6) is 1.05. The Hall–Kier alpha value is -1.40. The lowest BCUT2D eigenvalue weighted by Crippen LogP contribution is -2.32. The van der Waals surface area contributed by atoms with Gasteiger partial charge in [-0.1, -0.05) is 6.07 Å². The van der Waals surface area contributed by atoms with Crippen LogP contribution in [0.4, 0.5) is 11.9 Å². The summed E-state index contributed by atoms with van der Waals surface area (Å²) in [5.41, 5.74) is 0. The Labute approximate surface area is 121 Å². The highest BCUT2D eigenvalue weighted by atomic mass is 35.5. The maximum atomic E-state index is 5.89.